The molecule has 0 aliphatic rings. The fourth-order valence-electron chi connectivity index (χ4n) is 5.19. The number of H-pyrrole nitrogens is 1. The quantitative estimate of drug-likeness (QED) is 0.314. The van der Waals surface area contributed by atoms with Crippen molar-refractivity contribution in [3.63, 3.8) is 0 Å². The number of hydrogen-bond acceptors (Lipinski definition) is 2. The number of rotatable bonds is 6. The molecule has 1 heterocycles. The minimum absolute atomic E-state index is 0.309. The van der Waals surface area contributed by atoms with Crippen molar-refractivity contribution < 1.29 is 0 Å². The van der Waals surface area contributed by atoms with Crippen LogP contribution in [0.1, 0.15) is 0 Å². The van der Waals surface area contributed by atoms with Gasteiger partial charge in [-0.3, -0.25) is 5.10 Å². The van der Waals surface area contributed by atoms with E-state index in [9.17, 15) is 0 Å². The zero-order valence-electron chi connectivity index (χ0n) is 24.0. The van der Waals surface area contributed by atoms with Gasteiger partial charge >= 0.3 is 0 Å². The van der Waals surface area contributed by atoms with E-state index in [-0.39, 0.29) is 0 Å². The van der Waals surface area contributed by atoms with Crippen LogP contribution in [0.2, 0.25) is 0 Å². The summed E-state index contributed by atoms with van der Waals surface area (Å²) >= 11 is 0. The molecule has 0 atom stereocenters. The van der Waals surface area contributed by atoms with Crippen LogP contribution in [-0.2, 0) is 0 Å². The lowest BCUT2D eigenvalue weighted by Crippen LogP contribution is -2.51. The zero-order valence-corrected chi connectivity index (χ0v) is 24.0. The summed E-state index contributed by atoms with van der Waals surface area (Å²) in [5, 5.41) is 5.99. The van der Waals surface area contributed by atoms with Gasteiger partial charge in [-0.1, -0.05) is 215 Å². The lowest BCUT2D eigenvalue weighted by atomic mass is 9.37. The lowest BCUT2D eigenvalue weighted by molar-refractivity contribution is 1.09. The van der Waals surface area contributed by atoms with Gasteiger partial charge in [-0.2, -0.15) is 5.10 Å². The average molecular weight is 553 g/mol. The first-order valence-corrected chi connectivity index (χ1v) is 14.5. The minimum Gasteiger partial charge on any atom is -0.266 e. The number of benzene rings is 6. The molecule has 0 unspecified atom stereocenters. The Bertz CT molecular complexity index is 1360. The summed E-state index contributed by atoms with van der Waals surface area (Å²) in [6.07, 6.45) is 2.96. The van der Waals surface area contributed by atoms with Crippen molar-refractivity contribution in [2.45, 2.75) is 0 Å². The van der Waals surface area contributed by atoms with Crippen LogP contribution in [0, 0.1) is 0 Å². The standard InChI is InChI=1S/2C18H15B.C2H3N3/c2*1-4-10-16(11-5-1)19(17-12-6-2-7-13-17)18-14-8-3-9-15-18;1-3-2-5-4-1/h2*1-15H;1-2H,(H,3,4,5). The van der Waals surface area contributed by atoms with E-state index in [0.29, 0.717) is 13.4 Å². The number of nitrogens with one attached hydrogen (secondary N) is 1. The van der Waals surface area contributed by atoms with E-state index in [2.05, 4.69) is 197 Å². The first-order valence-electron chi connectivity index (χ1n) is 14.5. The van der Waals surface area contributed by atoms with Crippen molar-refractivity contribution in [2.24, 2.45) is 0 Å². The molecule has 0 saturated carbocycles. The van der Waals surface area contributed by atoms with Gasteiger partial charge in [0, 0.05) is 0 Å². The molecular formula is C38H33B2N3. The molecule has 206 valence electrons. The highest BCUT2D eigenvalue weighted by Crippen LogP contribution is 1.97. The Kier molecular flexibility index (Phi) is 10.9. The molecule has 0 aliphatic carbocycles. The maximum Gasteiger partial charge on any atom is 0.241 e. The summed E-state index contributed by atoms with van der Waals surface area (Å²) in [5.41, 5.74) is 8.00. The van der Waals surface area contributed by atoms with Gasteiger partial charge < -0.3 is 0 Å². The van der Waals surface area contributed by atoms with Gasteiger partial charge in [0.15, 0.2) is 0 Å². The SMILES string of the molecule is c1ccc(B(c2ccccc2)c2ccccc2)cc1.c1ccc(B(c2ccccc2)c2ccccc2)cc1.c1nc[nH]n1. The fourth-order valence-corrected chi connectivity index (χ4v) is 5.19. The third kappa shape index (κ3) is 8.54. The van der Waals surface area contributed by atoms with E-state index >= 15 is 0 Å². The largest absolute Gasteiger partial charge is 0.266 e. The van der Waals surface area contributed by atoms with Gasteiger partial charge in [0.25, 0.3) is 0 Å². The van der Waals surface area contributed by atoms with Crippen molar-refractivity contribution in [1.82, 2.24) is 15.2 Å². The molecule has 0 saturated heterocycles. The van der Waals surface area contributed by atoms with Gasteiger partial charge in [0.2, 0.25) is 13.4 Å². The summed E-state index contributed by atoms with van der Waals surface area (Å²) in [4.78, 5) is 3.56. The van der Waals surface area contributed by atoms with Crippen LogP contribution in [0.5, 0.6) is 0 Å². The predicted octanol–water partition coefficient (Wildman–Crippen LogP) is 4.21. The molecule has 43 heavy (non-hydrogen) atoms. The van der Waals surface area contributed by atoms with Gasteiger partial charge in [0.1, 0.15) is 12.7 Å². The number of hydrogen-bond donors (Lipinski definition) is 1. The molecule has 0 radical (unpaired) electrons. The molecule has 0 bridgehead atoms. The number of nitrogens with zero attached hydrogens (tertiary/aromatic N) is 2. The highest BCUT2D eigenvalue weighted by atomic mass is 15.2. The van der Waals surface area contributed by atoms with Gasteiger partial charge in [-0.15, -0.1) is 0 Å². The first kappa shape index (κ1) is 29.1. The van der Waals surface area contributed by atoms with Crippen LogP contribution >= 0.6 is 0 Å². The molecule has 0 fully saturated rings. The van der Waals surface area contributed by atoms with Crippen LogP contribution in [0.4, 0.5) is 0 Å². The second-order valence-electron chi connectivity index (χ2n) is 9.98. The normalized spacial score (nSPS) is 9.86. The summed E-state index contributed by atoms with van der Waals surface area (Å²) < 4.78 is 0. The Morgan fingerprint density at radius 3 is 0.698 bits per heavy atom. The van der Waals surface area contributed by atoms with Crippen LogP contribution < -0.4 is 32.8 Å². The van der Waals surface area contributed by atoms with Crippen LogP contribution in [0.3, 0.4) is 0 Å². The summed E-state index contributed by atoms with van der Waals surface area (Å²) in [6, 6.07) is 64.0. The third-order valence-electron chi connectivity index (χ3n) is 7.13. The Balaban J connectivity index is 0.000000147. The summed E-state index contributed by atoms with van der Waals surface area (Å²) in [5.74, 6) is 0. The molecule has 0 amide bonds. The molecule has 1 N–H and O–H groups in total. The van der Waals surface area contributed by atoms with Crippen molar-refractivity contribution in [3.8, 4) is 0 Å². The average Bonchev–Trinajstić information content (AvgIpc) is 3.69. The molecule has 7 aromatic rings. The third-order valence-corrected chi connectivity index (χ3v) is 7.13. The van der Waals surface area contributed by atoms with E-state index in [1.165, 1.54) is 45.4 Å². The minimum atomic E-state index is 0.309. The summed E-state index contributed by atoms with van der Waals surface area (Å²) in [6.45, 7) is 0.618. The zero-order chi connectivity index (χ0) is 29.4. The van der Waals surface area contributed by atoms with Gasteiger partial charge in [0.05, 0.1) is 0 Å². The molecule has 7 rings (SSSR count). The molecule has 6 aromatic carbocycles. The molecule has 3 nitrogen and oxygen atoms in total. The van der Waals surface area contributed by atoms with E-state index < -0.39 is 0 Å². The van der Waals surface area contributed by atoms with Crippen molar-refractivity contribution in [3.05, 3.63) is 195 Å². The Hall–Kier alpha value is -5.41. The summed E-state index contributed by atoms with van der Waals surface area (Å²) in [7, 11) is 0. The van der Waals surface area contributed by atoms with E-state index in [1.54, 1.807) is 0 Å². The molecule has 0 spiro atoms. The van der Waals surface area contributed by atoms with Crippen LogP contribution in [0.15, 0.2) is 195 Å². The maximum atomic E-state index is 3.56. The van der Waals surface area contributed by atoms with Crippen molar-refractivity contribution in [1.29, 1.82) is 0 Å². The highest BCUT2D eigenvalue weighted by molar-refractivity contribution is 6.96. The van der Waals surface area contributed by atoms with Crippen LogP contribution in [-0.4, -0.2) is 28.6 Å². The molecule has 1 aromatic heterocycles. The van der Waals surface area contributed by atoms with E-state index in [0.717, 1.165) is 0 Å². The first-order chi connectivity index (χ1) is 21.4. The number of aromatic nitrogens is 3. The Labute approximate surface area is 255 Å². The highest BCUT2D eigenvalue weighted by Gasteiger charge is 2.21. The molecule has 0 aliphatic heterocycles. The van der Waals surface area contributed by atoms with Gasteiger partial charge in [-0.05, 0) is 0 Å². The number of aromatic amines is 1. The maximum absolute atomic E-state index is 3.56. The van der Waals surface area contributed by atoms with Crippen LogP contribution in [0.25, 0.3) is 0 Å². The predicted molar refractivity (Wildman–Crippen MR) is 184 cm³/mol. The van der Waals surface area contributed by atoms with Gasteiger partial charge in [-0.25, -0.2) is 4.98 Å². The smallest absolute Gasteiger partial charge is 0.241 e. The monoisotopic (exact) mass is 553 g/mol. The second kappa shape index (κ2) is 16.1. The second-order valence-corrected chi connectivity index (χ2v) is 9.98. The fraction of sp³-hybridized carbons (Fsp3) is 0. The van der Waals surface area contributed by atoms with Crippen molar-refractivity contribution in [2.75, 3.05) is 0 Å². The lowest BCUT2D eigenvalue weighted by Gasteiger charge is -2.15. The van der Waals surface area contributed by atoms with E-state index in [1.807, 2.05) is 0 Å². The Morgan fingerprint density at radius 1 is 0.326 bits per heavy atom. The Morgan fingerprint density at radius 2 is 0.558 bits per heavy atom. The molecule has 5 heteroatoms. The van der Waals surface area contributed by atoms with Crippen molar-refractivity contribution >= 4 is 46.2 Å². The topological polar surface area (TPSA) is 41.6 Å². The molecular weight excluding hydrogens is 520 g/mol. The van der Waals surface area contributed by atoms with E-state index in [4.69, 9.17) is 0 Å².